The number of ether oxygens (including phenoxy) is 3. The van der Waals surface area contributed by atoms with Gasteiger partial charge in [-0.05, 0) is 35.4 Å². The molecule has 0 amide bonds. The molecule has 0 aromatic heterocycles. The van der Waals surface area contributed by atoms with E-state index in [2.05, 4.69) is 4.90 Å². The minimum absolute atomic E-state index is 0.0786. The maximum Gasteiger partial charge on any atom is 0.308 e. The monoisotopic (exact) mass is 371 g/mol. The molecular formula is C21H25NO5. The number of methoxy groups -OCH3 is 3. The second-order valence-corrected chi connectivity index (χ2v) is 6.74. The number of carbonyl (C=O) groups is 1. The Bertz CT molecular complexity index is 785. The quantitative estimate of drug-likeness (QED) is 0.807. The Morgan fingerprint density at radius 1 is 1.00 bits per heavy atom. The van der Waals surface area contributed by atoms with Crippen molar-refractivity contribution < 1.29 is 24.1 Å². The lowest BCUT2D eigenvalue weighted by atomic mass is 9.89. The summed E-state index contributed by atoms with van der Waals surface area (Å²) in [5.74, 6) is 0.890. The van der Waals surface area contributed by atoms with Gasteiger partial charge in [-0.3, -0.25) is 9.69 Å². The zero-order valence-corrected chi connectivity index (χ0v) is 15.8. The second-order valence-electron chi connectivity index (χ2n) is 6.74. The molecule has 2 atom stereocenters. The van der Waals surface area contributed by atoms with Crippen LogP contribution in [0.1, 0.15) is 17.0 Å². The SMILES string of the molecule is COc1cc(CN2CC(C(=O)O)C(c3cccc(OC)c3)C2)cc(OC)c1. The molecule has 6 heteroatoms. The minimum Gasteiger partial charge on any atom is -0.497 e. The van der Waals surface area contributed by atoms with Crippen molar-refractivity contribution in [3.05, 3.63) is 53.6 Å². The van der Waals surface area contributed by atoms with E-state index in [1.165, 1.54) is 0 Å². The third-order valence-electron chi connectivity index (χ3n) is 5.05. The van der Waals surface area contributed by atoms with Crippen LogP contribution in [0.25, 0.3) is 0 Å². The van der Waals surface area contributed by atoms with Crippen LogP contribution in [0, 0.1) is 5.92 Å². The smallest absolute Gasteiger partial charge is 0.308 e. The predicted octanol–water partition coefficient (Wildman–Crippen LogP) is 3.01. The molecule has 3 rings (SSSR count). The number of likely N-dealkylation sites (tertiary alicyclic amines) is 1. The molecular weight excluding hydrogens is 346 g/mol. The van der Waals surface area contributed by atoms with Crippen molar-refractivity contribution >= 4 is 5.97 Å². The van der Waals surface area contributed by atoms with Gasteiger partial charge in [0.15, 0.2) is 0 Å². The molecule has 0 radical (unpaired) electrons. The Kier molecular flexibility index (Phi) is 5.86. The van der Waals surface area contributed by atoms with Gasteiger partial charge in [0.05, 0.1) is 27.2 Å². The fourth-order valence-electron chi connectivity index (χ4n) is 3.69. The number of hydrogen-bond donors (Lipinski definition) is 1. The Morgan fingerprint density at radius 2 is 1.67 bits per heavy atom. The van der Waals surface area contributed by atoms with Crippen LogP contribution in [0.2, 0.25) is 0 Å². The molecule has 1 N–H and O–H groups in total. The van der Waals surface area contributed by atoms with Crippen LogP contribution in [0.5, 0.6) is 17.2 Å². The van der Waals surface area contributed by atoms with Crippen LogP contribution in [0.3, 0.4) is 0 Å². The summed E-state index contributed by atoms with van der Waals surface area (Å²) in [6.45, 7) is 1.80. The van der Waals surface area contributed by atoms with Gasteiger partial charge in [0.25, 0.3) is 0 Å². The highest BCUT2D eigenvalue weighted by atomic mass is 16.5. The number of hydrogen-bond acceptors (Lipinski definition) is 5. The number of benzene rings is 2. The first-order valence-corrected chi connectivity index (χ1v) is 8.85. The largest absolute Gasteiger partial charge is 0.497 e. The van der Waals surface area contributed by atoms with Crippen LogP contribution in [0.15, 0.2) is 42.5 Å². The van der Waals surface area contributed by atoms with Gasteiger partial charge in [0.2, 0.25) is 0 Å². The summed E-state index contributed by atoms with van der Waals surface area (Å²) in [5.41, 5.74) is 2.02. The molecule has 2 aromatic rings. The van der Waals surface area contributed by atoms with E-state index in [4.69, 9.17) is 14.2 Å². The molecule has 1 aliphatic rings. The molecule has 1 heterocycles. The van der Waals surface area contributed by atoms with Gasteiger partial charge in [0.1, 0.15) is 17.2 Å². The molecule has 2 aromatic carbocycles. The van der Waals surface area contributed by atoms with Gasteiger partial charge >= 0.3 is 5.97 Å². The van der Waals surface area contributed by atoms with E-state index < -0.39 is 11.9 Å². The molecule has 1 saturated heterocycles. The molecule has 0 aliphatic carbocycles. The topological polar surface area (TPSA) is 68.2 Å². The number of rotatable bonds is 7. The van der Waals surface area contributed by atoms with Crippen molar-refractivity contribution in [1.29, 1.82) is 0 Å². The highest BCUT2D eigenvalue weighted by Gasteiger charge is 2.38. The van der Waals surface area contributed by atoms with Crippen LogP contribution >= 0.6 is 0 Å². The fraction of sp³-hybridized carbons (Fsp3) is 0.381. The van der Waals surface area contributed by atoms with E-state index in [1.54, 1.807) is 21.3 Å². The van der Waals surface area contributed by atoms with Crippen molar-refractivity contribution in [2.24, 2.45) is 5.92 Å². The molecule has 1 fully saturated rings. The first kappa shape index (κ1) is 19.0. The molecule has 1 aliphatic heterocycles. The third-order valence-corrected chi connectivity index (χ3v) is 5.05. The molecule has 6 nitrogen and oxygen atoms in total. The number of nitrogens with zero attached hydrogens (tertiary/aromatic N) is 1. The summed E-state index contributed by atoms with van der Waals surface area (Å²) in [6, 6.07) is 13.4. The Balaban J connectivity index is 1.81. The van der Waals surface area contributed by atoms with Crippen LogP contribution < -0.4 is 14.2 Å². The molecule has 27 heavy (non-hydrogen) atoms. The first-order chi connectivity index (χ1) is 13.0. The Labute approximate surface area is 159 Å². The number of aliphatic carboxylic acids is 1. The van der Waals surface area contributed by atoms with Gasteiger partial charge in [0, 0.05) is 31.6 Å². The van der Waals surface area contributed by atoms with E-state index in [0.717, 1.165) is 28.4 Å². The lowest BCUT2D eigenvalue weighted by Crippen LogP contribution is -2.23. The van der Waals surface area contributed by atoms with E-state index >= 15 is 0 Å². The first-order valence-electron chi connectivity index (χ1n) is 8.85. The summed E-state index contributed by atoms with van der Waals surface area (Å²) < 4.78 is 16.0. The zero-order chi connectivity index (χ0) is 19.4. The zero-order valence-electron chi connectivity index (χ0n) is 15.8. The highest BCUT2D eigenvalue weighted by molar-refractivity contribution is 5.72. The molecule has 0 spiro atoms. The molecule has 0 saturated carbocycles. The van der Waals surface area contributed by atoms with Crippen LogP contribution in [-0.4, -0.2) is 50.4 Å². The summed E-state index contributed by atoms with van der Waals surface area (Å²) in [7, 11) is 4.85. The Morgan fingerprint density at radius 3 is 2.26 bits per heavy atom. The highest BCUT2D eigenvalue weighted by Crippen LogP contribution is 2.35. The van der Waals surface area contributed by atoms with Gasteiger partial charge in [-0.1, -0.05) is 12.1 Å². The normalized spacial score (nSPS) is 19.7. The van der Waals surface area contributed by atoms with Gasteiger partial charge < -0.3 is 19.3 Å². The third kappa shape index (κ3) is 4.34. The standard InChI is InChI=1S/C21H25NO5/c1-25-16-6-4-5-15(9-16)19-12-22(13-20(19)21(23)24)11-14-7-17(26-2)10-18(8-14)27-3/h4-10,19-20H,11-13H2,1-3H3,(H,23,24). The van der Waals surface area contributed by atoms with E-state index in [9.17, 15) is 9.90 Å². The van der Waals surface area contributed by atoms with E-state index in [0.29, 0.717) is 19.6 Å². The molecule has 144 valence electrons. The van der Waals surface area contributed by atoms with Gasteiger partial charge in [-0.15, -0.1) is 0 Å². The Hall–Kier alpha value is -2.73. The molecule has 2 unspecified atom stereocenters. The van der Waals surface area contributed by atoms with Gasteiger partial charge in [-0.25, -0.2) is 0 Å². The summed E-state index contributed by atoms with van der Waals surface area (Å²) in [4.78, 5) is 14.0. The van der Waals surface area contributed by atoms with Crippen molar-refractivity contribution in [3.63, 3.8) is 0 Å². The van der Waals surface area contributed by atoms with Crippen molar-refractivity contribution in [1.82, 2.24) is 4.90 Å². The van der Waals surface area contributed by atoms with Crippen LogP contribution in [-0.2, 0) is 11.3 Å². The number of carboxylic acids is 1. The summed E-state index contributed by atoms with van der Waals surface area (Å²) in [6.07, 6.45) is 0. The summed E-state index contributed by atoms with van der Waals surface area (Å²) >= 11 is 0. The van der Waals surface area contributed by atoms with Crippen molar-refractivity contribution in [2.75, 3.05) is 34.4 Å². The maximum atomic E-state index is 11.8. The lowest BCUT2D eigenvalue weighted by molar-refractivity contribution is -0.141. The molecule has 0 bridgehead atoms. The van der Waals surface area contributed by atoms with Crippen molar-refractivity contribution in [2.45, 2.75) is 12.5 Å². The van der Waals surface area contributed by atoms with E-state index in [-0.39, 0.29) is 5.92 Å². The number of carboxylic acid groups (broad SMARTS) is 1. The van der Waals surface area contributed by atoms with E-state index in [1.807, 2.05) is 42.5 Å². The predicted molar refractivity (Wildman–Crippen MR) is 102 cm³/mol. The van der Waals surface area contributed by atoms with Crippen molar-refractivity contribution in [3.8, 4) is 17.2 Å². The minimum atomic E-state index is -0.770. The van der Waals surface area contributed by atoms with Gasteiger partial charge in [-0.2, -0.15) is 0 Å². The lowest BCUT2D eigenvalue weighted by Gasteiger charge is -2.17. The van der Waals surface area contributed by atoms with Crippen LogP contribution in [0.4, 0.5) is 0 Å². The second kappa shape index (κ2) is 8.31. The fourth-order valence-corrected chi connectivity index (χ4v) is 3.69. The summed E-state index contributed by atoms with van der Waals surface area (Å²) in [5, 5.41) is 9.72. The average Bonchev–Trinajstić information content (AvgIpc) is 3.11. The average molecular weight is 371 g/mol. The maximum absolute atomic E-state index is 11.8.